The van der Waals surface area contributed by atoms with Crippen LogP contribution in [0.3, 0.4) is 0 Å². The molecular weight excluding hydrogens is 440 g/mol. The molecule has 0 saturated heterocycles. The Morgan fingerprint density at radius 3 is 1.89 bits per heavy atom. The molecule has 0 radical (unpaired) electrons. The maximum Gasteiger partial charge on any atom is 0.166 e. The molecule has 3 heterocycles. The van der Waals surface area contributed by atoms with Crippen molar-refractivity contribution in [3.05, 3.63) is 121 Å². The fourth-order valence-electron chi connectivity index (χ4n) is 5.31. The van der Waals surface area contributed by atoms with E-state index >= 15 is 0 Å². The zero-order valence-corrected chi connectivity index (χ0v) is 20.2. The largest absolute Gasteiger partial charge is 0.311 e. The minimum atomic E-state index is 0.874. The van der Waals surface area contributed by atoms with Crippen LogP contribution in [0.25, 0.3) is 55.5 Å². The second-order valence-electron chi connectivity index (χ2n) is 9.39. The van der Waals surface area contributed by atoms with Gasteiger partial charge in [0.2, 0.25) is 0 Å². The number of aromatic nitrogens is 4. The van der Waals surface area contributed by atoms with Crippen molar-refractivity contribution in [3.8, 4) is 22.6 Å². The third-order valence-corrected chi connectivity index (χ3v) is 6.96. The normalized spacial score (nSPS) is 11.6. The first-order chi connectivity index (χ1) is 17.7. The number of hydrogen-bond acceptors (Lipinski definition) is 2. The molecule has 0 unspecified atom stereocenters. The summed E-state index contributed by atoms with van der Waals surface area (Å²) in [6.07, 6.45) is 3.88. The van der Waals surface area contributed by atoms with Gasteiger partial charge in [0.15, 0.2) is 5.82 Å². The zero-order valence-electron chi connectivity index (χ0n) is 20.2. The van der Waals surface area contributed by atoms with Gasteiger partial charge in [-0.2, -0.15) is 0 Å². The van der Waals surface area contributed by atoms with Crippen molar-refractivity contribution in [3.63, 3.8) is 0 Å². The van der Waals surface area contributed by atoms with Crippen LogP contribution in [-0.2, 0) is 0 Å². The fraction of sp³-hybridized carbons (Fsp3) is 0.0625. The molecule has 0 spiro atoms. The van der Waals surface area contributed by atoms with Crippen molar-refractivity contribution in [1.29, 1.82) is 0 Å². The lowest BCUT2D eigenvalue weighted by atomic mass is 10.1. The van der Waals surface area contributed by atoms with E-state index in [-0.39, 0.29) is 0 Å². The van der Waals surface area contributed by atoms with Gasteiger partial charge in [0.05, 0.1) is 11.0 Å². The molecule has 0 aliphatic rings. The molecule has 0 aliphatic carbocycles. The van der Waals surface area contributed by atoms with Crippen LogP contribution in [0.4, 0.5) is 0 Å². The highest BCUT2D eigenvalue weighted by Crippen LogP contribution is 2.38. The van der Waals surface area contributed by atoms with Crippen molar-refractivity contribution >= 4 is 32.8 Å². The molecular formula is C32H24N4. The topological polar surface area (TPSA) is 35.6 Å². The van der Waals surface area contributed by atoms with E-state index in [1.165, 1.54) is 21.9 Å². The van der Waals surface area contributed by atoms with Gasteiger partial charge in [0.1, 0.15) is 17.4 Å². The summed E-state index contributed by atoms with van der Waals surface area (Å²) in [5.74, 6) is 0.874. The van der Waals surface area contributed by atoms with Crippen LogP contribution in [0.1, 0.15) is 11.1 Å². The molecule has 0 amide bonds. The highest BCUT2D eigenvalue weighted by molar-refractivity contribution is 6.11. The first-order valence-electron chi connectivity index (χ1n) is 12.2. The number of para-hydroxylation sites is 1. The average molecular weight is 465 g/mol. The quantitative estimate of drug-likeness (QED) is 0.267. The number of aryl methyl sites for hydroxylation is 2. The summed E-state index contributed by atoms with van der Waals surface area (Å²) in [6, 6.07) is 34.2. The van der Waals surface area contributed by atoms with E-state index in [4.69, 9.17) is 9.97 Å². The van der Waals surface area contributed by atoms with E-state index in [1.54, 1.807) is 6.33 Å². The minimum Gasteiger partial charge on any atom is -0.311 e. The summed E-state index contributed by atoms with van der Waals surface area (Å²) >= 11 is 0. The maximum absolute atomic E-state index is 4.92. The van der Waals surface area contributed by atoms with Crippen LogP contribution in [0, 0.1) is 13.8 Å². The summed E-state index contributed by atoms with van der Waals surface area (Å²) < 4.78 is 4.52. The number of rotatable bonds is 3. The van der Waals surface area contributed by atoms with E-state index in [0.29, 0.717) is 0 Å². The van der Waals surface area contributed by atoms with E-state index in [1.807, 2.05) is 12.1 Å². The van der Waals surface area contributed by atoms with Gasteiger partial charge in [-0.25, -0.2) is 9.97 Å². The SMILES string of the molecule is Cc1ccc2c(c1)c1cc(C)ccc1n2-c1ncnc2c(-c3ccccc3)cn(-c3ccccc3)c12. The Bertz CT molecular complexity index is 1830. The number of fused-ring (bicyclic) bond motifs is 4. The molecule has 0 atom stereocenters. The Kier molecular flexibility index (Phi) is 4.55. The van der Waals surface area contributed by atoms with Crippen molar-refractivity contribution < 1.29 is 0 Å². The summed E-state index contributed by atoms with van der Waals surface area (Å²) in [5.41, 5.74) is 10.00. The minimum absolute atomic E-state index is 0.874. The van der Waals surface area contributed by atoms with Crippen LogP contribution in [0.5, 0.6) is 0 Å². The summed E-state index contributed by atoms with van der Waals surface area (Å²) in [4.78, 5) is 9.74. The molecule has 3 aromatic heterocycles. The standard InChI is InChI=1S/C32H24N4/c1-21-13-15-28-25(17-21)26-18-22(2)14-16-29(26)36(28)32-31-30(33-20-34-32)27(23-9-5-3-6-10-23)19-35(31)24-11-7-4-8-12-24/h3-20H,1-2H3. The smallest absolute Gasteiger partial charge is 0.166 e. The first kappa shape index (κ1) is 20.7. The first-order valence-corrected chi connectivity index (χ1v) is 12.2. The van der Waals surface area contributed by atoms with Gasteiger partial charge in [-0.05, 0) is 55.8 Å². The molecule has 4 nitrogen and oxygen atoms in total. The lowest BCUT2D eigenvalue weighted by Gasteiger charge is -2.12. The lowest BCUT2D eigenvalue weighted by molar-refractivity contribution is 1.03. The Morgan fingerprint density at radius 1 is 0.639 bits per heavy atom. The van der Waals surface area contributed by atoms with Crippen LogP contribution in [-0.4, -0.2) is 19.1 Å². The van der Waals surface area contributed by atoms with Gasteiger partial charge in [-0.1, -0.05) is 71.8 Å². The highest BCUT2D eigenvalue weighted by Gasteiger charge is 2.21. The molecule has 4 aromatic carbocycles. The molecule has 0 fully saturated rings. The summed E-state index contributed by atoms with van der Waals surface area (Å²) in [5, 5.41) is 2.48. The van der Waals surface area contributed by atoms with Gasteiger partial charge < -0.3 is 4.57 Å². The molecule has 4 heteroatoms. The summed E-state index contributed by atoms with van der Waals surface area (Å²) in [7, 11) is 0. The van der Waals surface area contributed by atoms with E-state index < -0.39 is 0 Å². The van der Waals surface area contributed by atoms with Crippen molar-refractivity contribution in [2.75, 3.05) is 0 Å². The predicted octanol–water partition coefficient (Wildman–Crippen LogP) is 7.80. The Balaban J connectivity index is 1.65. The van der Waals surface area contributed by atoms with Crippen molar-refractivity contribution in [2.24, 2.45) is 0 Å². The van der Waals surface area contributed by atoms with Crippen LogP contribution >= 0.6 is 0 Å². The summed E-state index contributed by atoms with van der Waals surface area (Å²) in [6.45, 7) is 4.29. The van der Waals surface area contributed by atoms with Gasteiger partial charge in [0.25, 0.3) is 0 Å². The van der Waals surface area contributed by atoms with Crippen LogP contribution in [0.15, 0.2) is 110 Å². The van der Waals surface area contributed by atoms with Gasteiger partial charge in [-0.3, -0.25) is 4.57 Å². The van der Waals surface area contributed by atoms with Crippen LogP contribution in [0.2, 0.25) is 0 Å². The zero-order chi connectivity index (χ0) is 24.2. The number of nitrogens with zero attached hydrogens (tertiary/aromatic N) is 4. The Morgan fingerprint density at radius 2 is 1.25 bits per heavy atom. The lowest BCUT2D eigenvalue weighted by Crippen LogP contribution is -2.03. The van der Waals surface area contributed by atoms with Gasteiger partial charge in [-0.15, -0.1) is 0 Å². The molecule has 0 bridgehead atoms. The van der Waals surface area contributed by atoms with E-state index in [2.05, 4.69) is 114 Å². The second kappa shape index (κ2) is 7.92. The molecule has 7 aromatic rings. The number of benzene rings is 4. The third kappa shape index (κ3) is 3.08. The monoisotopic (exact) mass is 464 g/mol. The van der Waals surface area contributed by atoms with Gasteiger partial charge >= 0.3 is 0 Å². The fourth-order valence-corrected chi connectivity index (χ4v) is 5.31. The van der Waals surface area contributed by atoms with Crippen LogP contribution < -0.4 is 0 Å². The Hall–Kier alpha value is -4.70. The molecule has 172 valence electrons. The van der Waals surface area contributed by atoms with Gasteiger partial charge in [0, 0.05) is 28.2 Å². The average Bonchev–Trinajstić information content (AvgIpc) is 3.46. The maximum atomic E-state index is 4.92. The van der Waals surface area contributed by atoms with E-state index in [0.717, 1.165) is 44.7 Å². The predicted molar refractivity (Wildman–Crippen MR) is 148 cm³/mol. The molecule has 0 N–H and O–H groups in total. The third-order valence-electron chi connectivity index (χ3n) is 6.96. The van der Waals surface area contributed by atoms with Crippen molar-refractivity contribution in [1.82, 2.24) is 19.1 Å². The second-order valence-corrected chi connectivity index (χ2v) is 9.39. The molecule has 0 aliphatic heterocycles. The van der Waals surface area contributed by atoms with Crippen molar-refractivity contribution in [2.45, 2.75) is 13.8 Å². The Labute approximate surface area is 209 Å². The number of hydrogen-bond donors (Lipinski definition) is 0. The molecule has 0 saturated carbocycles. The molecule has 7 rings (SSSR count). The van der Waals surface area contributed by atoms with E-state index in [9.17, 15) is 0 Å². The molecule has 36 heavy (non-hydrogen) atoms. The highest BCUT2D eigenvalue weighted by atomic mass is 15.1.